The number of hydrogen-bond donors (Lipinski definition) is 1. The van der Waals surface area contributed by atoms with Crippen LogP contribution >= 0.6 is 0 Å². The number of carbonyl (C=O) groups excluding carboxylic acids is 1. The second kappa shape index (κ2) is 6.98. The van der Waals surface area contributed by atoms with Gasteiger partial charge in [-0.1, -0.05) is 54.6 Å². The number of para-hydroxylation sites is 1. The Kier molecular flexibility index (Phi) is 4.22. The molecule has 0 bridgehead atoms. The molecule has 0 fully saturated rings. The van der Waals surface area contributed by atoms with Gasteiger partial charge in [0.15, 0.2) is 0 Å². The summed E-state index contributed by atoms with van der Waals surface area (Å²) in [5, 5.41) is 14.1. The third-order valence-electron chi connectivity index (χ3n) is 3.98. The first-order chi connectivity index (χ1) is 12.8. The minimum Gasteiger partial charge on any atom is -0.321 e. The summed E-state index contributed by atoms with van der Waals surface area (Å²) in [6.45, 7) is 0. The zero-order chi connectivity index (χ0) is 17.8. The lowest BCUT2D eigenvalue weighted by molar-refractivity contribution is 0.102. The Labute approximate surface area is 150 Å². The van der Waals surface area contributed by atoms with E-state index >= 15 is 0 Å². The fourth-order valence-electron chi connectivity index (χ4n) is 2.73. The first-order valence-corrected chi connectivity index (χ1v) is 8.10. The highest BCUT2D eigenvalue weighted by Crippen LogP contribution is 2.28. The summed E-state index contributed by atoms with van der Waals surface area (Å²) in [5.41, 5.74) is 4.03. The predicted octanol–water partition coefficient (Wildman–Crippen LogP) is 3.58. The molecule has 0 unspecified atom stereocenters. The summed E-state index contributed by atoms with van der Waals surface area (Å²) < 4.78 is 1.51. The number of nitrogens with zero attached hydrogens (tertiary/aromatic N) is 4. The van der Waals surface area contributed by atoms with Crippen molar-refractivity contribution in [2.45, 2.75) is 0 Å². The highest BCUT2D eigenvalue weighted by molar-refractivity contribution is 6.06. The molecule has 1 heterocycles. The molecular formula is C20H15N5O. The van der Waals surface area contributed by atoms with Crippen molar-refractivity contribution in [3.8, 4) is 16.8 Å². The third kappa shape index (κ3) is 3.21. The summed E-state index contributed by atoms with van der Waals surface area (Å²) in [6.07, 6.45) is 1.49. The van der Waals surface area contributed by atoms with Gasteiger partial charge in [-0.05, 0) is 40.3 Å². The Balaban J connectivity index is 1.63. The van der Waals surface area contributed by atoms with E-state index in [9.17, 15) is 4.79 Å². The molecule has 0 atom stereocenters. The van der Waals surface area contributed by atoms with Crippen LogP contribution in [0.4, 0.5) is 5.69 Å². The molecule has 6 heteroatoms. The maximum atomic E-state index is 12.7. The third-order valence-corrected chi connectivity index (χ3v) is 3.98. The number of rotatable bonds is 4. The van der Waals surface area contributed by atoms with Gasteiger partial charge in [-0.15, -0.1) is 5.10 Å². The fraction of sp³-hybridized carbons (Fsp3) is 0. The van der Waals surface area contributed by atoms with E-state index in [0.29, 0.717) is 5.56 Å². The van der Waals surface area contributed by atoms with Crippen molar-refractivity contribution in [1.82, 2.24) is 20.2 Å². The van der Waals surface area contributed by atoms with Crippen LogP contribution in [-0.2, 0) is 0 Å². The molecule has 126 valence electrons. The van der Waals surface area contributed by atoms with Crippen LogP contribution in [0.2, 0.25) is 0 Å². The van der Waals surface area contributed by atoms with Crippen molar-refractivity contribution in [2.75, 3.05) is 5.32 Å². The number of amides is 1. The SMILES string of the molecule is O=C(Nc1ccccc1-c1ccccc1)c1cccc(-n2cnnn2)c1. The maximum absolute atomic E-state index is 12.7. The van der Waals surface area contributed by atoms with Crippen molar-refractivity contribution in [3.63, 3.8) is 0 Å². The molecule has 4 rings (SSSR count). The highest BCUT2D eigenvalue weighted by atomic mass is 16.1. The van der Waals surface area contributed by atoms with E-state index in [2.05, 4.69) is 20.8 Å². The quantitative estimate of drug-likeness (QED) is 0.616. The lowest BCUT2D eigenvalue weighted by Gasteiger charge is -2.12. The second-order valence-corrected chi connectivity index (χ2v) is 5.67. The lowest BCUT2D eigenvalue weighted by atomic mass is 10.0. The summed E-state index contributed by atoms with van der Waals surface area (Å²) >= 11 is 0. The van der Waals surface area contributed by atoms with Crippen molar-refractivity contribution in [2.24, 2.45) is 0 Å². The topological polar surface area (TPSA) is 72.7 Å². The van der Waals surface area contributed by atoms with Crippen LogP contribution in [0, 0.1) is 0 Å². The lowest BCUT2D eigenvalue weighted by Crippen LogP contribution is -2.13. The van der Waals surface area contributed by atoms with Gasteiger partial charge < -0.3 is 5.32 Å². The van der Waals surface area contributed by atoms with Crippen LogP contribution in [0.25, 0.3) is 16.8 Å². The zero-order valence-corrected chi connectivity index (χ0v) is 13.8. The van der Waals surface area contributed by atoms with E-state index in [0.717, 1.165) is 22.5 Å². The maximum Gasteiger partial charge on any atom is 0.255 e. The molecule has 1 N–H and O–H groups in total. The molecule has 0 saturated heterocycles. The number of carbonyl (C=O) groups is 1. The standard InChI is InChI=1S/C20H15N5O/c26-20(16-9-6-10-17(13-16)25-14-21-23-24-25)22-19-12-5-4-11-18(19)15-7-2-1-3-8-15/h1-14H,(H,22,26). The van der Waals surface area contributed by atoms with Gasteiger partial charge in [0.1, 0.15) is 6.33 Å². The molecule has 4 aromatic rings. The molecular weight excluding hydrogens is 326 g/mol. The number of nitrogens with one attached hydrogen (secondary N) is 1. The first-order valence-electron chi connectivity index (χ1n) is 8.10. The number of anilines is 1. The van der Waals surface area contributed by atoms with Gasteiger partial charge in [-0.2, -0.15) is 0 Å². The molecule has 0 aliphatic rings. The first kappa shape index (κ1) is 15.7. The Bertz CT molecular complexity index is 1030. The summed E-state index contributed by atoms with van der Waals surface area (Å²) in [7, 11) is 0. The van der Waals surface area contributed by atoms with Crippen LogP contribution in [0.1, 0.15) is 10.4 Å². The smallest absolute Gasteiger partial charge is 0.255 e. The number of aromatic nitrogens is 4. The van der Waals surface area contributed by atoms with E-state index in [4.69, 9.17) is 0 Å². The van der Waals surface area contributed by atoms with Gasteiger partial charge in [-0.25, -0.2) is 4.68 Å². The largest absolute Gasteiger partial charge is 0.321 e. The molecule has 0 radical (unpaired) electrons. The van der Waals surface area contributed by atoms with Crippen molar-refractivity contribution >= 4 is 11.6 Å². The van der Waals surface area contributed by atoms with Crippen LogP contribution in [0.3, 0.4) is 0 Å². The molecule has 3 aromatic carbocycles. The van der Waals surface area contributed by atoms with E-state index < -0.39 is 0 Å². The van der Waals surface area contributed by atoms with Gasteiger partial charge in [0.2, 0.25) is 0 Å². The summed E-state index contributed by atoms with van der Waals surface area (Å²) in [4.78, 5) is 12.7. The highest BCUT2D eigenvalue weighted by Gasteiger charge is 2.11. The van der Waals surface area contributed by atoms with Gasteiger partial charge in [0, 0.05) is 16.8 Å². The Hall–Kier alpha value is -3.80. The second-order valence-electron chi connectivity index (χ2n) is 5.67. The predicted molar refractivity (Wildman–Crippen MR) is 99.0 cm³/mol. The van der Waals surface area contributed by atoms with Crippen molar-refractivity contribution < 1.29 is 4.79 Å². The molecule has 26 heavy (non-hydrogen) atoms. The molecule has 0 spiro atoms. The average Bonchev–Trinajstić information content (AvgIpc) is 3.24. The minimum atomic E-state index is -0.191. The minimum absolute atomic E-state index is 0.191. The van der Waals surface area contributed by atoms with Crippen molar-refractivity contribution in [1.29, 1.82) is 0 Å². The number of benzene rings is 3. The molecule has 0 aliphatic carbocycles. The van der Waals surface area contributed by atoms with Crippen LogP contribution in [0.15, 0.2) is 85.2 Å². The summed E-state index contributed by atoms with van der Waals surface area (Å²) in [5.74, 6) is -0.191. The van der Waals surface area contributed by atoms with Crippen molar-refractivity contribution in [3.05, 3.63) is 90.8 Å². The molecule has 1 amide bonds. The van der Waals surface area contributed by atoms with Gasteiger partial charge in [0.05, 0.1) is 5.69 Å². The fourth-order valence-corrected chi connectivity index (χ4v) is 2.73. The Morgan fingerprint density at radius 3 is 2.50 bits per heavy atom. The Morgan fingerprint density at radius 2 is 1.69 bits per heavy atom. The summed E-state index contributed by atoms with van der Waals surface area (Å²) in [6, 6.07) is 24.8. The molecule has 1 aromatic heterocycles. The monoisotopic (exact) mass is 341 g/mol. The zero-order valence-electron chi connectivity index (χ0n) is 13.8. The van der Waals surface area contributed by atoms with E-state index in [1.807, 2.05) is 60.7 Å². The van der Waals surface area contributed by atoms with E-state index in [-0.39, 0.29) is 5.91 Å². The Morgan fingerprint density at radius 1 is 0.885 bits per heavy atom. The van der Waals surface area contributed by atoms with Gasteiger partial charge in [0.25, 0.3) is 5.91 Å². The molecule has 0 aliphatic heterocycles. The molecule has 0 saturated carbocycles. The van der Waals surface area contributed by atoms with Gasteiger partial charge in [-0.3, -0.25) is 4.79 Å². The van der Waals surface area contributed by atoms with E-state index in [1.54, 1.807) is 18.2 Å². The van der Waals surface area contributed by atoms with E-state index in [1.165, 1.54) is 11.0 Å². The van der Waals surface area contributed by atoms with Crippen LogP contribution in [0.5, 0.6) is 0 Å². The number of hydrogen-bond acceptors (Lipinski definition) is 4. The normalized spacial score (nSPS) is 10.5. The van der Waals surface area contributed by atoms with Gasteiger partial charge >= 0.3 is 0 Å². The van der Waals surface area contributed by atoms with Crippen LogP contribution < -0.4 is 5.32 Å². The van der Waals surface area contributed by atoms with Crippen LogP contribution in [-0.4, -0.2) is 26.1 Å². The molecule has 6 nitrogen and oxygen atoms in total. The average molecular weight is 341 g/mol. The number of tetrazole rings is 1.